The molecule has 2 aromatic rings. The van der Waals surface area contributed by atoms with Crippen molar-refractivity contribution in [1.29, 1.82) is 0 Å². The Morgan fingerprint density at radius 3 is 2.57 bits per heavy atom. The largest absolute Gasteiger partial charge is 0.462 e. The number of aromatic amines is 1. The number of benzene rings is 1. The van der Waals surface area contributed by atoms with Crippen LogP contribution in [0, 0.1) is 0 Å². The number of unbranched alkanes of at least 4 members (excludes halogenated alkanes) is 3. The summed E-state index contributed by atoms with van der Waals surface area (Å²) in [5, 5.41) is 3.20. The van der Waals surface area contributed by atoms with Crippen LogP contribution in [0.1, 0.15) is 62.0 Å². The van der Waals surface area contributed by atoms with Crippen LogP contribution in [0.25, 0.3) is 0 Å². The topological polar surface area (TPSA) is 101 Å². The zero-order valence-electron chi connectivity index (χ0n) is 17.5. The summed E-state index contributed by atoms with van der Waals surface area (Å²) in [6, 6.07) is 8.07. The number of thioether (sulfide) groups is 1. The monoisotopic (exact) mass is 431 g/mol. The van der Waals surface area contributed by atoms with Crippen LogP contribution in [0.5, 0.6) is 0 Å². The van der Waals surface area contributed by atoms with Crippen molar-refractivity contribution in [2.75, 3.05) is 17.7 Å². The number of aryl methyl sites for hydroxylation is 1. The van der Waals surface area contributed by atoms with Crippen molar-refractivity contribution in [2.45, 2.75) is 57.5 Å². The number of rotatable bonds is 12. The molecular weight excluding hydrogens is 402 g/mol. The molecule has 0 radical (unpaired) electrons. The second-order valence-electron chi connectivity index (χ2n) is 6.90. The molecule has 0 spiro atoms. The van der Waals surface area contributed by atoms with E-state index in [1.54, 1.807) is 24.3 Å². The number of carbonyl (C=O) groups is 2. The van der Waals surface area contributed by atoms with Gasteiger partial charge in [-0.2, -0.15) is 0 Å². The smallest absolute Gasteiger partial charge is 0.338 e. The Hall–Kier alpha value is -2.61. The summed E-state index contributed by atoms with van der Waals surface area (Å²) in [6.45, 7) is 4.57. The van der Waals surface area contributed by atoms with Gasteiger partial charge >= 0.3 is 5.97 Å². The van der Waals surface area contributed by atoms with Gasteiger partial charge in [0.2, 0.25) is 5.91 Å². The van der Waals surface area contributed by atoms with Crippen LogP contribution in [0.2, 0.25) is 0 Å². The number of ether oxygens (including phenoxy) is 1. The minimum Gasteiger partial charge on any atom is -0.462 e. The van der Waals surface area contributed by atoms with Gasteiger partial charge in [0.05, 0.1) is 17.9 Å². The Labute approximate surface area is 181 Å². The quantitative estimate of drug-likeness (QED) is 0.226. The highest BCUT2D eigenvalue weighted by Gasteiger charge is 2.09. The second kappa shape index (κ2) is 12.8. The second-order valence-corrected chi connectivity index (χ2v) is 7.87. The highest BCUT2D eigenvalue weighted by atomic mass is 32.2. The molecule has 0 aliphatic carbocycles. The van der Waals surface area contributed by atoms with Gasteiger partial charge in [0, 0.05) is 17.4 Å². The maximum Gasteiger partial charge on any atom is 0.338 e. The van der Waals surface area contributed by atoms with Crippen LogP contribution in [0.3, 0.4) is 0 Å². The summed E-state index contributed by atoms with van der Waals surface area (Å²) < 4.78 is 5.25. The summed E-state index contributed by atoms with van der Waals surface area (Å²) in [7, 11) is 0. The summed E-state index contributed by atoms with van der Waals surface area (Å²) in [4.78, 5) is 42.9. The molecule has 7 nitrogen and oxygen atoms in total. The zero-order chi connectivity index (χ0) is 21.8. The number of aromatic nitrogens is 2. The SMILES string of the molecule is CCCCCCOC(=O)c1ccc(NC(=O)CSc2nc(CCC)cc(=O)[nH]2)cc1. The number of nitrogens with one attached hydrogen (secondary N) is 2. The lowest BCUT2D eigenvalue weighted by Gasteiger charge is -2.07. The molecule has 1 aromatic carbocycles. The lowest BCUT2D eigenvalue weighted by molar-refractivity contribution is -0.113. The highest BCUT2D eigenvalue weighted by molar-refractivity contribution is 7.99. The number of carbonyl (C=O) groups excluding carboxylic acids is 2. The Balaban J connectivity index is 1.80. The van der Waals surface area contributed by atoms with Crippen LogP contribution in [-0.2, 0) is 16.0 Å². The van der Waals surface area contributed by atoms with Gasteiger partial charge in [-0.25, -0.2) is 9.78 Å². The molecule has 0 saturated carbocycles. The molecule has 30 heavy (non-hydrogen) atoms. The normalized spacial score (nSPS) is 10.6. The summed E-state index contributed by atoms with van der Waals surface area (Å²) in [5.41, 5.74) is 1.54. The fourth-order valence-corrected chi connectivity index (χ4v) is 3.43. The van der Waals surface area contributed by atoms with Crippen LogP contribution in [0.4, 0.5) is 5.69 Å². The predicted molar refractivity (Wildman–Crippen MR) is 119 cm³/mol. The molecule has 0 aliphatic heterocycles. The molecule has 1 amide bonds. The van der Waals surface area contributed by atoms with Gasteiger partial charge in [-0.15, -0.1) is 0 Å². The fraction of sp³-hybridized carbons (Fsp3) is 0.455. The van der Waals surface area contributed by atoms with E-state index < -0.39 is 0 Å². The third-order valence-corrected chi connectivity index (χ3v) is 5.13. The lowest BCUT2D eigenvalue weighted by atomic mass is 10.2. The van der Waals surface area contributed by atoms with Crippen molar-refractivity contribution in [1.82, 2.24) is 9.97 Å². The van der Waals surface area contributed by atoms with Gasteiger partial charge < -0.3 is 15.0 Å². The molecule has 0 atom stereocenters. The van der Waals surface area contributed by atoms with Gasteiger partial charge in [0.15, 0.2) is 5.16 Å². The first-order chi connectivity index (χ1) is 14.5. The van der Waals surface area contributed by atoms with E-state index in [0.29, 0.717) is 23.0 Å². The molecule has 0 unspecified atom stereocenters. The fourth-order valence-electron chi connectivity index (χ4n) is 2.73. The summed E-state index contributed by atoms with van der Waals surface area (Å²) in [5.74, 6) is -0.475. The first kappa shape index (κ1) is 23.7. The number of anilines is 1. The van der Waals surface area contributed by atoms with E-state index in [9.17, 15) is 14.4 Å². The molecule has 0 bridgehead atoms. The molecule has 2 rings (SSSR count). The standard InChI is InChI=1S/C22H29N3O4S/c1-3-5-6-7-13-29-21(28)16-9-11-17(12-10-16)23-20(27)15-30-22-24-18(8-4-2)14-19(26)25-22/h9-12,14H,3-8,13,15H2,1-2H3,(H,23,27)(H,24,25,26). The number of hydrogen-bond donors (Lipinski definition) is 2. The van der Waals surface area contributed by atoms with Crippen LogP contribution < -0.4 is 10.9 Å². The van der Waals surface area contributed by atoms with E-state index >= 15 is 0 Å². The Bertz CT molecular complexity index is 881. The highest BCUT2D eigenvalue weighted by Crippen LogP contribution is 2.15. The Kier molecular flexibility index (Phi) is 10.1. The number of esters is 1. The van der Waals surface area contributed by atoms with Gasteiger partial charge in [0.25, 0.3) is 5.56 Å². The number of nitrogens with zero attached hydrogens (tertiary/aromatic N) is 1. The molecule has 1 heterocycles. The number of amides is 1. The predicted octanol–water partition coefficient (Wildman–Crippen LogP) is 4.19. The molecule has 1 aromatic heterocycles. The number of H-pyrrole nitrogens is 1. The lowest BCUT2D eigenvalue weighted by Crippen LogP contribution is -2.16. The van der Waals surface area contributed by atoms with Gasteiger partial charge in [-0.3, -0.25) is 9.59 Å². The summed E-state index contributed by atoms with van der Waals surface area (Å²) >= 11 is 1.17. The van der Waals surface area contributed by atoms with Crippen LogP contribution in [-0.4, -0.2) is 34.2 Å². The van der Waals surface area contributed by atoms with E-state index in [-0.39, 0.29) is 23.2 Å². The molecule has 2 N–H and O–H groups in total. The molecule has 0 fully saturated rings. The Morgan fingerprint density at radius 1 is 1.10 bits per heavy atom. The first-order valence-corrected chi connectivity index (χ1v) is 11.3. The maximum absolute atomic E-state index is 12.2. The average Bonchev–Trinajstić information content (AvgIpc) is 2.72. The third kappa shape index (κ3) is 8.41. The molecule has 0 aliphatic rings. The minimum atomic E-state index is -0.359. The molecule has 8 heteroatoms. The van der Waals surface area contributed by atoms with E-state index in [1.165, 1.54) is 17.8 Å². The van der Waals surface area contributed by atoms with Crippen LogP contribution >= 0.6 is 11.8 Å². The first-order valence-electron chi connectivity index (χ1n) is 10.3. The molecular formula is C22H29N3O4S. The molecule has 0 saturated heterocycles. The zero-order valence-corrected chi connectivity index (χ0v) is 18.3. The van der Waals surface area contributed by atoms with Crippen molar-refractivity contribution in [2.24, 2.45) is 0 Å². The maximum atomic E-state index is 12.2. The summed E-state index contributed by atoms with van der Waals surface area (Å²) in [6.07, 6.45) is 5.81. The van der Waals surface area contributed by atoms with Crippen molar-refractivity contribution >= 4 is 29.3 Å². The van der Waals surface area contributed by atoms with E-state index in [4.69, 9.17) is 4.74 Å². The Morgan fingerprint density at radius 2 is 1.87 bits per heavy atom. The van der Waals surface area contributed by atoms with E-state index in [0.717, 1.165) is 44.2 Å². The number of hydrogen-bond acceptors (Lipinski definition) is 6. The molecule has 162 valence electrons. The van der Waals surface area contributed by atoms with Crippen molar-refractivity contribution in [3.05, 3.63) is 51.9 Å². The van der Waals surface area contributed by atoms with Gasteiger partial charge in [-0.05, 0) is 37.1 Å². The minimum absolute atomic E-state index is 0.111. The third-order valence-electron chi connectivity index (χ3n) is 4.25. The van der Waals surface area contributed by atoms with Gasteiger partial charge in [0.1, 0.15) is 0 Å². The van der Waals surface area contributed by atoms with Crippen molar-refractivity contribution < 1.29 is 14.3 Å². The van der Waals surface area contributed by atoms with Crippen molar-refractivity contribution in [3.63, 3.8) is 0 Å². The van der Waals surface area contributed by atoms with E-state index in [2.05, 4.69) is 22.2 Å². The van der Waals surface area contributed by atoms with Crippen LogP contribution in [0.15, 0.2) is 40.3 Å². The van der Waals surface area contributed by atoms with E-state index in [1.807, 2.05) is 6.92 Å². The average molecular weight is 432 g/mol. The van der Waals surface area contributed by atoms with Crippen molar-refractivity contribution in [3.8, 4) is 0 Å². The van der Waals surface area contributed by atoms with Gasteiger partial charge in [-0.1, -0.05) is 51.3 Å².